The highest BCUT2D eigenvalue weighted by molar-refractivity contribution is 5.95. The van der Waals surface area contributed by atoms with Crippen LogP contribution in [0.5, 0.6) is 5.75 Å². The molecule has 1 aliphatic rings. The van der Waals surface area contributed by atoms with E-state index in [2.05, 4.69) is 48.5 Å². The Hall–Kier alpha value is -2.57. The molecule has 0 bridgehead atoms. The third kappa shape index (κ3) is 5.99. The van der Waals surface area contributed by atoms with Crippen LogP contribution in [0.15, 0.2) is 48.5 Å². The predicted octanol–water partition coefficient (Wildman–Crippen LogP) is 3.45. The number of nitrogens with two attached hydrogens (primary N) is 1. The molecule has 6 nitrogen and oxygen atoms in total. The fourth-order valence-electron chi connectivity index (χ4n) is 4.79. The van der Waals surface area contributed by atoms with Crippen LogP contribution < -0.4 is 16.0 Å². The molecule has 0 spiro atoms. The standard InChI is InChI=1S/C25H35N3O3/c1-17(27-15-24(30)18-12-13-23(29)22(14-18)25(26)31)21-11-7-6-8-19(21)16-28(2)20-9-4-3-5-10-20/h3-5,9-10,12-14,17,19,21,24,27,29-30H,6-8,11,15-16H2,1-2H3,(H2,26,31). The van der Waals surface area contributed by atoms with Crippen molar-refractivity contribution in [3.63, 3.8) is 0 Å². The Labute approximate surface area is 185 Å². The summed E-state index contributed by atoms with van der Waals surface area (Å²) in [4.78, 5) is 13.8. The molecule has 2 aromatic rings. The van der Waals surface area contributed by atoms with E-state index < -0.39 is 12.0 Å². The number of hydrogen-bond donors (Lipinski definition) is 4. The van der Waals surface area contributed by atoms with Gasteiger partial charge in [0.25, 0.3) is 5.91 Å². The predicted molar refractivity (Wildman–Crippen MR) is 124 cm³/mol. The van der Waals surface area contributed by atoms with Crippen molar-refractivity contribution >= 4 is 11.6 Å². The minimum absolute atomic E-state index is 0.0286. The lowest BCUT2D eigenvalue weighted by Gasteiger charge is -2.39. The van der Waals surface area contributed by atoms with Gasteiger partial charge in [0, 0.05) is 31.9 Å². The van der Waals surface area contributed by atoms with Crippen molar-refractivity contribution in [2.24, 2.45) is 17.6 Å². The maximum atomic E-state index is 11.5. The van der Waals surface area contributed by atoms with Crippen molar-refractivity contribution in [3.05, 3.63) is 59.7 Å². The van der Waals surface area contributed by atoms with E-state index in [0.717, 1.165) is 6.54 Å². The van der Waals surface area contributed by atoms with Crippen LogP contribution in [0.2, 0.25) is 0 Å². The molecule has 31 heavy (non-hydrogen) atoms. The maximum Gasteiger partial charge on any atom is 0.252 e. The molecular weight excluding hydrogens is 390 g/mol. The van der Waals surface area contributed by atoms with E-state index in [0.29, 0.717) is 23.9 Å². The molecule has 3 rings (SSSR count). The number of para-hydroxylation sites is 1. The fraction of sp³-hybridized carbons (Fsp3) is 0.480. The summed E-state index contributed by atoms with van der Waals surface area (Å²) in [5.41, 5.74) is 7.13. The zero-order chi connectivity index (χ0) is 22.4. The van der Waals surface area contributed by atoms with E-state index >= 15 is 0 Å². The monoisotopic (exact) mass is 425 g/mol. The number of hydrogen-bond acceptors (Lipinski definition) is 5. The van der Waals surface area contributed by atoms with E-state index in [1.165, 1.54) is 43.5 Å². The molecule has 0 heterocycles. The molecule has 0 radical (unpaired) electrons. The number of carbonyl (C=O) groups excluding carboxylic acids is 1. The summed E-state index contributed by atoms with van der Waals surface area (Å²) in [5.74, 6) is 0.250. The second kappa shape index (κ2) is 10.6. The van der Waals surface area contributed by atoms with Gasteiger partial charge in [-0.05, 0) is 61.4 Å². The van der Waals surface area contributed by atoms with E-state index in [-0.39, 0.29) is 17.4 Å². The number of nitrogens with zero attached hydrogens (tertiary/aromatic N) is 1. The largest absolute Gasteiger partial charge is 0.507 e. The van der Waals surface area contributed by atoms with E-state index in [1.807, 2.05) is 6.07 Å². The van der Waals surface area contributed by atoms with Gasteiger partial charge >= 0.3 is 0 Å². The molecule has 4 atom stereocenters. The van der Waals surface area contributed by atoms with Crippen LogP contribution in [0.25, 0.3) is 0 Å². The van der Waals surface area contributed by atoms with Crippen LogP contribution in [-0.2, 0) is 0 Å². The number of benzene rings is 2. The molecule has 0 aliphatic heterocycles. The van der Waals surface area contributed by atoms with Crippen molar-refractivity contribution in [2.75, 3.05) is 25.0 Å². The first-order valence-electron chi connectivity index (χ1n) is 11.2. The number of carbonyl (C=O) groups is 1. The minimum atomic E-state index is -0.782. The summed E-state index contributed by atoms with van der Waals surface area (Å²) in [6, 6.07) is 15.2. The van der Waals surface area contributed by atoms with Crippen LogP contribution >= 0.6 is 0 Å². The molecule has 5 N–H and O–H groups in total. The van der Waals surface area contributed by atoms with Crippen molar-refractivity contribution in [2.45, 2.75) is 44.8 Å². The van der Waals surface area contributed by atoms with Crippen molar-refractivity contribution in [3.8, 4) is 5.75 Å². The van der Waals surface area contributed by atoms with Gasteiger partial charge < -0.3 is 26.2 Å². The van der Waals surface area contributed by atoms with Crippen LogP contribution in [0, 0.1) is 11.8 Å². The molecule has 0 aromatic heterocycles. The number of phenols is 1. The number of nitrogens with one attached hydrogen (secondary N) is 1. The van der Waals surface area contributed by atoms with E-state index in [4.69, 9.17) is 5.73 Å². The molecule has 2 aromatic carbocycles. The molecule has 168 valence electrons. The highest BCUT2D eigenvalue weighted by Crippen LogP contribution is 2.34. The molecular formula is C25H35N3O3. The smallest absolute Gasteiger partial charge is 0.252 e. The van der Waals surface area contributed by atoms with Crippen LogP contribution in [0.1, 0.15) is 54.6 Å². The Morgan fingerprint density at radius 3 is 2.61 bits per heavy atom. The third-order valence-corrected chi connectivity index (χ3v) is 6.62. The highest BCUT2D eigenvalue weighted by atomic mass is 16.3. The highest BCUT2D eigenvalue weighted by Gasteiger charge is 2.30. The maximum absolute atomic E-state index is 11.5. The molecule has 1 fully saturated rings. The first kappa shape index (κ1) is 23.1. The minimum Gasteiger partial charge on any atom is -0.507 e. The lowest BCUT2D eigenvalue weighted by Crippen LogP contribution is -2.43. The summed E-state index contributed by atoms with van der Waals surface area (Å²) >= 11 is 0. The topological polar surface area (TPSA) is 98.8 Å². The van der Waals surface area contributed by atoms with E-state index in [1.54, 1.807) is 6.07 Å². The quantitative estimate of drug-likeness (QED) is 0.493. The number of rotatable bonds is 9. The second-order valence-electron chi connectivity index (χ2n) is 8.78. The fourth-order valence-corrected chi connectivity index (χ4v) is 4.79. The molecule has 1 amide bonds. The first-order valence-corrected chi connectivity index (χ1v) is 11.2. The van der Waals surface area contributed by atoms with Gasteiger partial charge in [-0.2, -0.15) is 0 Å². The zero-order valence-corrected chi connectivity index (χ0v) is 18.5. The molecule has 0 saturated heterocycles. The number of aliphatic hydroxyl groups excluding tert-OH is 1. The number of amides is 1. The van der Waals surface area contributed by atoms with Crippen molar-refractivity contribution in [1.82, 2.24) is 5.32 Å². The molecule has 1 saturated carbocycles. The summed E-state index contributed by atoms with van der Waals surface area (Å²) in [6.45, 7) is 3.59. The molecule has 4 unspecified atom stereocenters. The first-order chi connectivity index (χ1) is 14.9. The van der Waals surface area contributed by atoms with Gasteiger partial charge in [-0.1, -0.05) is 37.1 Å². The summed E-state index contributed by atoms with van der Waals surface area (Å²) in [7, 11) is 2.16. The Bertz CT molecular complexity index is 858. The molecule has 1 aliphatic carbocycles. The van der Waals surface area contributed by atoms with Crippen LogP contribution in [0.3, 0.4) is 0 Å². The van der Waals surface area contributed by atoms with Crippen molar-refractivity contribution in [1.29, 1.82) is 0 Å². The number of aliphatic hydroxyl groups is 1. The summed E-state index contributed by atoms with van der Waals surface area (Å²) in [6.07, 6.45) is 4.13. The van der Waals surface area contributed by atoms with Gasteiger partial charge in [-0.15, -0.1) is 0 Å². The Morgan fingerprint density at radius 1 is 1.19 bits per heavy atom. The number of primary amides is 1. The average Bonchev–Trinajstić information content (AvgIpc) is 2.78. The van der Waals surface area contributed by atoms with Gasteiger partial charge in [-0.25, -0.2) is 0 Å². The summed E-state index contributed by atoms with van der Waals surface area (Å²) < 4.78 is 0. The Morgan fingerprint density at radius 2 is 1.90 bits per heavy atom. The second-order valence-corrected chi connectivity index (χ2v) is 8.78. The van der Waals surface area contributed by atoms with Crippen molar-refractivity contribution < 1.29 is 15.0 Å². The van der Waals surface area contributed by atoms with Crippen LogP contribution in [0.4, 0.5) is 5.69 Å². The Balaban J connectivity index is 1.59. The lowest BCUT2D eigenvalue weighted by atomic mass is 9.75. The number of anilines is 1. The normalized spacial score (nSPS) is 20.7. The van der Waals surface area contributed by atoms with E-state index in [9.17, 15) is 15.0 Å². The SMILES string of the molecule is CC(NCC(O)c1ccc(O)c(C(N)=O)c1)C1CCCCC1CN(C)c1ccccc1. The zero-order valence-electron chi connectivity index (χ0n) is 18.5. The Kier molecular flexibility index (Phi) is 7.93. The van der Waals surface area contributed by atoms with Gasteiger partial charge in [0.1, 0.15) is 5.75 Å². The van der Waals surface area contributed by atoms with Gasteiger partial charge in [0.2, 0.25) is 0 Å². The third-order valence-electron chi connectivity index (χ3n) is 6.62. The van der Waals surface area contributed by atoms with Gasteiger partial charge in [0.05, 0.1) is 11.7 Å². The summed E-state index contributed by atoms with van der Waals surface area (Å²) in [5, 5.41) is 23.9. The molecule has 6 heteroatoms. The average molecular weight is 426 g/mol. The van der Waals surface area contributed by atoms with Gasteiger partial charge in [-0.3, -0.25) is 4.79 Å². The van der Waals surface area contributed by atoms with Gasteiger partial charge in [0.15, 0.2) is 0 Å². The number of aromatic hydroxyl groups is 1. The lowest BCUT2D eigenvalue weighted by molar-refractivity contribution is 0.0997. The van der Waals surface area contributed by atoms with Crippen LogP contribution in [-0.4, -0.2) is 42.3 Å².